The van der Waals surface area contributed by atoms with Gasteiger partial charge in [0.15, 0.2) is 18.1 Å². The molecule has 0 bridgehead atoms. The average Bonchev–Trinajstić information content (AvgIpc) is 3.23. The number of rotatable bonds is 8. The first kappa shape index (κ1) is 19.6. The Morgan fingerprint density at radius 1 is 1.21 bits per heavy atom. The van der Waals surface area contributed by atoms with Crippen LogP contribution in [-0.2, 0) is 11.3 Å². The normalized spacial score (nSPS) is 10.5. The van der Waals surface area contributed by atoms with Crippen molar-refractivity contribution in [2.45, 2.75) is 13.5 Å². The van der Waals surface area contributed by atoms with Crippen LogP contribution in [0.1, 0.15) is 5.56 Å². The number of carbonyl (C=O) groups excluding carboxylic acids is 1. The highest BCUT2D eigenvalue weighted by atomic mass is 32.1. The summed E-state index contributed by atoms with van der Waals surface area (Å²) in [6.45, 7) is 2.35. The Morgan fingerprint density at radius 3 is 2.82 bits per heavy atom. The van der Waals surface area contributed by atoms with E-state index in [0.717, 1.165) is 16.1 Å². The molecule has 0 unspecified atom stereocenters. The molecule has 0 saturated heterocycles. The second-order valence-electron chi connectivity index (χ2n) is 6.05. The van der Waals surface area contributed by atoms with Crippen LogP contribution in [0.5, 0.6) is 11.5 Å². The van der Waals surface area contributed by atoms with Crippen LogP contribution < -0.4 is 20.3 Å². The third-order valence-electron chi connectivity index (χ3n) is 3.96. The van der Waals surface area contributed by atoms with Gasteiger partial charge < -0.3 is 14.8 Å². The van der Waals surface area contributed by atoms with Crippen molar-refractivity contribution in [3.63, 3.8) is 0 Å². The van der Waals surface area contributed by atoms with E-state index in [9.17, 15) is 9.59 Å². The highest BCUT2D eigenvalue weighted by molar-refractivity contribution is 7.13. The van der Waals surface area contributed by atoms with E-state index < -0.39 is 0 Å². The molecule has 2 heterocycles. The summed E-state index contributed by atoms with van der Waals surface area (Å²) < 4.78 is 12.1. The van der Waals surface area contributed by atoms with E-state index in [1.807, 2.05) is 36.6 Å². The summed E-state index contributed by atoms with van der Waals surface area (Å²) in [7, 11) is 1.55. The molecule has 8 heteroatoms. The summed E-state index contributed by atoms with van der Waals surface area (Å²) in [6, 6.07) is 12.5. The van der Waals surface area contributed by atoms with Crippen LogP contribution in [0.25, 0.3) is 10.6 Å². The quantitative estimate of drug-likeness (QED) is 0.629. The lowest BCUT2D eigenvalue weighted by Crippen LogP contribution is -2.34. The van der Waals surface area contributed by atoms with Gasteiger partial charge in [0.2, 0.25) is 0 Å². The molecule has 3 aromatic rings. The summed E-state index contributed by atoms with van der Waals surface area (Å²) in [5.41, 5.74) is 1.56. The van der Waals surface area contributed by atoms with Crippen molar-refractivity contribution in [1.82, 2.24) is 15.1 Å². The summed E-state index contributed by atoms with van der Waals surface area (Å²) in [5, 5.41) is 9.04. The van der Waals surface area contributed by atoms with E-state index in [0.29, 0.717) is 11.5 Å². The van der Waals surface area contributed by atoms with Gasteiger partial charge in [0, 0.05) is 12.6 Å². The van der Waals surface area contributed by atoms with Crippen LogP contribution in [-0.4, -0.2) is 35.9 Å². The monoisotopic (exact) mass is 399 g/mol. The maximum Gasteiger partial charge on any atom is 0.266 e. The molecule has 1 N–H and O–H groups in total. The topological polar surface area (TPSA) is 82.4 Å². The molecule has 0 atom stereocenters. The minimum absolute atomic E-state index is 0.142. The lowest BCUT2D eigenvalue weighted by molar-refractivity contribution is -0.123. The standard InChI is InChI=1S/C20H21N3O4S/c1-14-5-7-16(17(12-14)26-2)27-13-19(24)21-9-10-23-20(25)8-6-15(22-23)18-4-3-11-28-18/h3-8,11-12H,9-10,13H2,1-2H3,(H,21,24). The fourth-order valence-corrected chi connectivity index (χ4v) is 3.24. The van der Waals surface area contributed by atoms with Gasteiger partial charge in [-0.3, -0.25) is 9.59 Å². The van der Waals surface area contributed by atoms with Gasteiger partial charge in [-0.25, -0.2) is 4.68 Å². The van der Waals surface area contributed by atoms with Crippen molar-refractivity contribution in [1.29, 1.82) is 0 Å². The molecule has 0 spiro atoms. The summed E-state index contributed by atoms with van der Waals surface area (Å²) in [6.07, 6.45) is 0. The number of thiophene rings is 1. The van der Waals surface area contributed by atoms with Crippen molar-refractivity contribution in [3.05, 3.63) is 63.8 Å². The Kier molecular flexibility index (Phi) is 6.44. The highest BCUT2D eigenvalue weighted by Gasteiger charge is 2.09. The Hall–Kier alpha value is -3.13. The van der Waals surface area contributed by atoms with E-state index in [4.69, 9.17) is 9.47 Å². The van der Waals surface area contributed by atoms with Crippen LogP contribution >= 0.6 is 11.3 Å². The molecule has 146 valence electrons. The van der Waals surface area contributed by atoms with Crippen molar-refractivity contribution in [2.75, 3.05) is 20.3 Å². The van der Waals surface area contributed by atoms with Crippen molar-refractivity contribution >= 4 is 17.2 Å². The number of nitrogens with one attached hydrogen (secondary N) is 1. The van der Waals surface area contributed by atoms with Crippen LogP contribution in [0.3, 0.4) is 0 Å². The zero-order chi connectivity index (χ0) is 19.9. The number of methoxy groups -OCH3 is 1. The molecule has 2 aromatic heterocycles. The largest absolute Gasteiger partial charge is 0.493 e. The molecule has 7 nitrogen and oxygen atoms in total. The Balaban J connectivity index is 1.52. The maximum absolute atomic E-state index is 12.0. The first-order chi connectivity index (χ1) is 13.6. The smallest absolute Gasteiger partial charge is 0.266 e. The number of hydrogen-bond donors (Lipinski definition) is 1. The number of nitrogens with zero attached hydrogens (tertiary/aromatic N) is 2. The van der Waals surface area contributed by atoms with E-state index in [-0.39, 0.29) is 31.2 Å². The molecule has 0 aliphatic heterocycles. The second-order valence-corrected chi connectivity index (χ2v) is 7.00. The van der Waals surface area contributed by atoms with Gasteiger partial charge in [-0.1, -0.05) is 12.1 Å². The summed E-state index contributed by atoms with van der Waals surface area (Å²) in [5.74, 6) is 0.795. The Labute approximate surface area is 166 Å². The SMILES string of the molecule is COc1cc(C)ccc1OCC(=O)NCCn1nc(-c2cccs2)ccc1=O. The fourth-order valence-electron chi connectivity index (χ4n) is 2.55. The minimum Gasteiger partial charge on any atom is -0.493 e. The first-order valence-corrected chi connectivity index (χ1v) is 9.61. The Morgan fingerprint density at radius 2 is 2.07 bits per heavy atom. The van der Waals surface area contributed by atoms with Gasteiger partial charge in [-0.15, -0.1) is 11.3 Å². The van der Waals surface area contributed by atoms with Gasteiger partial charge in [-0.2, -0.15) is 5.10 Å². The predicted octanol–water partition coefficient (Wildman–Crippen LogP) is 2.48. The van der Waals surface area contributed by atoms with E-state index in [1.54, 1.807) is 30.6 Å². The first-order valence-electron chi connectivity index (χ1n) is 8.73. The molecule has 0 fully saturated rings. The van der Waals surface area contributed by atoms with Gasteiger partial charge in [0.25, 0.3) is 11.5 Å². The van der Waals surface area contributed by atoms with Crippen molar-refractivity contribution in [2.24, 2.45) is 0 Å². The summed E-state index contributed by atoms with van der Waals surface area (Å²) in [4.78, 5) is 25.0. The van der Waals surface area contributed by atoms with Crippen LogP contribution in [0.15, 0.2) is 52.6 Å². The van der Waals surface area contributed by atoms with Gasteiger partial charge in [0.1, 0.15) is 5.69 Å². The van der Waals surface area contributed by atoms with Crippen LogP contribution in [0, 0.1) is 6.92 Å². The van der Waals surface area contributed by atoms with Gasteiger partial charge in [-0.05, 0) is 42.1 Å². The lowest BCUT2D eigenvalue weighted by Gasteiger charge is -2.11. The van der Waals surface area contributed by atoms with E-state index in [2.05, 4.69) is 10.4 Å². The third kappa shape index (κ3) is 4.98. The number of hydrogen-bond acceptors (Lipinski definition) is 6. The van der Waals surface area contributed by atoms with Crippen LogP contribution in [0.2, 0.25) is 0 Å². The number of carbonyl (C=O) groups is 1. The number of amides is 1. The van der Waals surface area contributed by atoms with E-state index >= 15 is 0 Å². The molecule has 1 aromatic carbocycles. The number of benzene rings is 1. The predicted molar refractivity (Wildman–Crippen MR) is 108 cm³/mol. The zero-order valence-corrected chi connectivity index (χ0v) is 16.5. The third-order valence-corrected chi connectivity index (χ3v) is 4.86. The fraction of sp³-hybridized carbons (Fsp3) is 0.250. The minimum atomic E-state index is -0.287. The van der Waals surface area contributed by atoms with Gasteiger partial charge in [0.05, 0.1) is 18.5 Å². The number of ether oxygens (including phenoxy) is 2. The summed E-state index contributed by atoms with van der Waals surface area (Å²) >= 11 is 1.55. The Bertz CT molecular complexity index is 999. The highest BCUT2D eigenvalue weighted by Crippen LogP contribution is 2.27. The van der Waals surface area contributed by atoms with Crippen molar-refractivity contribution < 1.29 is 14.3 Å². The second kappa shape index (κ2) is 9.18. The number of aryl methyl sites for hydroxylation is 1. The lowest BCUT2D eigenvalue weighted by atomic mass is 10.2. The average molecular weight is 399 g/mol. The maximum atomic E-state index is 12.0. The molecular formula is C20H21N3O4S. The molecule has 28 heavy (non-hydrogen) atoms. The molecule has 0 saturated carbocycles. The zero-order valence-electron chi connectivity index (χ0n) is 15.7. The molecule has 0 radical (unpaired) electrons. The van der Waals surface area contributed by atoms with Crippen molar-refractivity contribution in [3.8, 4) is 22.1 Å². The molecular weight excluding hydrogens is 378 g/mol. The molecule has 0 aliphatic carbocycles. The number of aromatic nitrogens is 2. The molecule has 1 amide bonds. The molecule has 3 rings (SSSR count). The van der Waals surface area contributed by atoms with Gasteiger partial charge >= 0.3 is 0 Å². The van der Waals surface area contributed by atoms with E-state index in [1.165, 1.54) is 10.7 Å². The van der Waals surface area contributed by atoms with Crippen LogP contribution in [0.4, 0.5) is 0 Å². The molecule has 0 aliphatic rings.